The van der Waals surface area contributed by atoms with Crippen LogP contribution in [0.15, 0.2) is 24.3 Å². The molecule has 1 saturated heterocycles. The maximum Gasteiger partial charge on any atom is 0.229 e. The third-order valence-electron chi connectivity index (χ3n) is 4.52. The molecule has 1 amide bonds. The molecule has 2 N–H and O–H groups in total. The molecule has 1 fully saturated rings. The van der Waals surface area contributed by atoms with Crippen molar-refractivity contribution in [2.45, 2.75) is 45.4 Å². The van der Waals surface area contributed by atoms with Crippen LogP contribution in [-0.4, -0.2) is 23.9 Å². The van der Waals surface area contributed by atoms with Crippen LogP contribution in [0, 0.1) is 5.92 Å². The van der Waals surface area contributed by atoms with Crippen molar-refractivity contribution in [2.24, 2.45) is 5.92 Å². The molecule has 0 radical (unpaired) electrons. The molecule has 110 valence electrons. The van der Waals surface area contributed by atoms with Crippen LogP contribution < -0.4 is 5.73 Å². The molecule has 0 saturated carbocycles. The van der Waals surface area contributed by atoms with Crippen LogP contribution in [0.5, 0.6) is 0 Å². The Hall–Kier alpha value is -1.51. The first kappa shape index (κ1) is 14.9. The van der Waals surface area contributed by atoms with Gasteiger partial charge in [-0.15, -0.1) is 0 Å². The van der Waals surface area contributed by atoms with Gasteiger partial charge in [0.05, 0.1) is 5.92 Å². The van der Waals surface area contributed by atoms with E-state index in [9.17, 15) is 4.79 Å². The number of anilines is 1. The van der Waals surface area contributed by atoms with Gasteiger partial charge in [-0.1, -0.05) is 25.5 Å². The van der Waals surface area contributed by atoms with Crippen LogP contribution in [-0.2, 0) is 4.79 Å². The van der Waals surface area contributed by atoms with Crippen molar-refractivity contribution in [1.29, 1.82) is 0 Å². The number of nitrogens with two attached hydrogens (primary N) is 1. The Balaban J connectivity index is 2.03. The molecule has 0 aliphatic carbocycles. The highest BCUT2D eigenvalue weighted by molar-refractivity contribution is 5.83. The number of hydrogen-bond acceptors (Lipinski definition) is 2. The molecule has 0 bridgehead atoms. The molecular formula is C17H26N2O. The monoisotopic (exact) mass is 274 g/mol. The third kappa shape index (κ3) is 3.53. The molecule has 3 heteroatoms. The first-order valence-corrected chi connectivity index (χ1v) is 7.76. The second-order valence-corrected chi connectivity index (χ2v) is 5.92. The molecule has 1 aromatic rings. The number of hydrogen-bond donors (Lipinski definition) is 1. The van der Waals surface area contributed by atoms with Crippen LogP contribution >= 0.6 is 0 Å². The van der Waals surface area contributed by atoms with Gasteiger partial charge in [-0.3, -0.25) is 4.79 Å². The lowest BCUT2D eigenvalue weighted by atomic mass is 9.98. The van der Waals surface area contributed by atoms with Gasteiger partial charge in [-0.25, -0.2) is 0 Å². The normalized spacial score (nSPS) is 21.3. The van der Waals surface area contributed by atoms with Gasteiger partial charge in [-0.05, 0) is 49.8 Å². The summed E-state index contributed by atoms with van der Waals surface area (Å²) in [5.74, 6) is 0.930. The summed E-state index contributed by atoms with van der Waals surface area (Å²) < 4.78 is 0. The van der Waals surface area contributed by atoms with E-state index in [4.69, 9.17) is 5.73 Å². The zero-order chi connectivity index (χ0) is 14.5. The van der Waals surface area contributed by atoms with Crippen LogP contribution in [0.4, 0.5) is 5.69 Å². The Morgan fingerprint density at radius 1 is 1.40 bits per heavy atom. The molecule has 1 heterocycles. The summed E-state index contributed by atoms with van der Waals surface area (Å²) in [6.07, 6.45) is 4.76. The van der Waals surface area contributed by atoms with Gasteiger partial charge < -0.3 is 10.6 Å². The number of rotatable bonds is 3. The van der Waals surface area contributed by atoms with Crippen molar-refractivity contribution < 1.29 is 4.79 Å². The summed E-state index contributed by atoms with van der Waals surface area (Å²) in [7, 11) is 0. The van der Waals surface area contributed by atoms with E-state index in [0.29, 0.717) is 0 Å². The standard InChI is InChI=1S/C17H26N2O/c1-3-14-6-5-10-19(11-9-14)17(20)13(2)15-7-4-8-16(18)12-15/h4,7-8,12-14H,3,5-6,9-11,18H2,1-2H3. The Morgan fingerprint density at radius 2 is 2.20 bits per heavy atom. The fourth-order valence-electron chi connectivity index (χ4n) is 3.04. The molecule has 0 aromatic heterocycles. The molecular weight excluding hydrogens is 248 g/mol. The molecule has 2 rings (SSSR count). The predicted molar refractivity (Wildman–Crippen MR) is 83.5 cm³/mol. The van der Waals surface area contributed by atoms with Crippen LogP contribution in [0.2, 0.25) is 0 Å². The molecule has 1 aliphatic heterocycles. The molecule has 1 aromatic carbocycles. The summed E-state index contributed by atoms with van der Waals surface area (Å²) >= 11 is 0. The van der Waals surface area contributed by atoms with E-state index in [2.05, 4.69) is 6.92 Å². The minimum atomic E-state index is -0.100. The number of carbonyl (C=O) groups is 1. The highest BCUT2D eigenvalue weighted by atomic mass is 16.2. The van der Waals surface area contributed by atoms with Crippen molar-refractivity contribution in [3.05, 3.63) is 29.8 Å². The smallest absolute Gasteiger partial charge is 0.229 e. The van der Waals surface area contributed by atoms with Gasteiger partial charge in [0.2, 0.25) is 5.91 Å². The van der Waals surface area contributed by atoms with Crippen molar-refractivity contribution in [2.75, 3.05) is 18.8 Å². The quantitative estimate of drug-likeness (QED) is 0.859. The Morgan fingerprint density at radius 3 is 2.90 bits per heavy atom. The van der Waals surface area contributed by atoms with Crippen LogP contribution in [0.1, 0.15) is 51.0 Å². The maximum absolute atomic E-state index is 12.6. The van der Waals surface area contributed by atoms with Gasteiger partial charge in [0.25, 0.3) is 0 Å². The minimum Gasteiger partial charge on any atom is -0.399 e. The lowest BCUT2D eigenvalue weighted by Crippen LogP contribution is -2.35. The summed E-state index contributed by atoms with van der Waals surface area (Å²) in [4.78, 5) is 14.7. The predicted octanol–water partition coefficient (Wildman–Crippen LogP) is 3.41. The van der Waals surface area contributed by atoms with E-state index in [-0.39, 0.29) is 11.8 Å². The maximum atomic E-state index is 12.6. The molecule has 2 unspecified atom stereocenters. The van der Waals surface area contributed by atoms with E-state index < -0.39 is 0 Å². The van der Waals surface area contributed by atoms with E-state index >= 15 is 0 Å². The lowest BCUT2D eigenvalue weighted by molar-refractivity contribution is -0.132. The molecule has 0 spiro atoms. The van der Waals surface area contributed by atoms with E-state index in [1.165, 1.54) is 12.8 Å². The first-order valence-electron chi connectivity index (χ1n) is 7.76. The minimum absolute atomic E-state index is 0.100. The van der Waals surface area contributed by atoms with Crippen molar-refractivity contribution in [3.63, 3.8) is 0 Å². The van der Waals surface area contributed by atoms with E-state index in [1.54, 1.807) is 0 Å². The molecule has 2 atom stereocenters. The fourth-order valence-corrected chi connectivity index (χ4v) is 3.04. The van der Waals surface area contributed by atoms with Crippen LogP contribution in [0.25, 0.3) is 0 Å². The lowest BCUT2D eigenvalue weighted by Gasteiger charge is -2.24. The average Bonchev–Trinajstić information content (AvgIpc) is 2.71. The SMILES string of the molecule is CCC1CCCN(C(=O)C(C)c2cccc(N)c2)CC1. The Kier molecular flexibility index (Phi) is 5.05. The summed E-state index contributed by atoms with van der Waals surface area (Å²) in [6.45, 7) is 6.04. The summed E-state index contributed by atoms with van der Waals surface area (Å²) in [5.41, 5.74) is 7.56. The fraction of sp³-hybridized carbons (Fsp3) is 0.588. The third-order valence-corrected chi connectivity index (χ3v) is 4.52. The van der Waals surface area contributed by atoms with Gasteiger partial charge in [0.1, 0.15) is 0 Å². The number of benzene rings is 1. The number of nitrogens with zero attached hydrogens (tertiary/aromatic N) is 1. The van der Waals surface area contributed by atoms with E-state index in [1.807, 2.05) is 36.1 Å². The number of nitrogen functional groups attached to an aromatic ring is 1. The molecule has 3 nitrogen and oxygen atoms in total. The second-order valence-electron chi connectivity index (χ2n) is 5.92. The summed E-state index contributed by atoms with van der Waals surface area (Å²) in [5, 5.41) is 0. The second kappa shape index (κ2) is 6.78. The summed E-state index contributed by atoms with van der Waals surface area (Å²) in [6, 6.07) is 7.68. The Bertz CT molecular complexity index is 458. The number of amides is 1. The molecule has 20 heavy (non-hydrogen) atoms. The van der Waals surface area contributed by atoms with Crippen LogP contribution in [0.3, 0.4) is 0 Å². The van der Waals surface area contributed by atoms with Gasteiger partial charge >= 0.3 is 0 Å². The van der Waals surface area contributed by atoms with Gasteiger partial charge in [0.15, 0.2) is 0 Å². The molecule has 1 aliphatic rings. The first-order chi connectivity index (χ1) is 9.61. The highest BCUT2D eigenvalue weighted by Gasteiger charge is 2.24. The zero-order valence-corrected chi connectivity index (χ0v) is 12.6. The van der Waals surface area contributed by atoms with Crippen molar-refractivity contribution >= 4 is 11.6 Å². The average molecular weight is 274 g/mol. The van der Waals surface area contributed by atoms with Crippen molar-refractivity contribution in [3.8, 4) is 0 Å². The van der Waals surface area contributed by atoms with Crippen molar-refractivity contribution in [1.82, 2.24) is 4.90 Å². The number of likely N-dealkylation sites (tertiary alicyclic amines) is 1. The largest absolute Gasteiger partial charge is 0.399 e. The van der Waals surface area contributed by atoms with E-state index in [0.717, 1.165) is 43.1 Å². The number of carbonyl (C=O) groups excluding carboxylic acids is 1. The zero-order valence-electron chi connectivity index (χ0n) is 12.6. The Labute approximate surface area is 122 Å². The van der Waals surface area contributed by atoms with Gasteiger partial charge in [0, 0.05) is 18.8 Å². The van der Waals surface area contributed by atoms with Gasteiger partial charge in [-0.2, -0.15) is 0 Å². The topological polar surface area (TPSA) is 46.3 Å². The highest BCUT2D eigenvalue weighted by Crippen LogP contribution is 2.24.